The molecule has 0 radical (unpaired) electrons. The number of rotatable bonds is 10. The number of ether oxygens (including phenoxy) is 1. The Hall–Kier alpha value is -3.81. The fourth-order valence-electron chi connectivity index (χ4n) is 3.58. The highest BCUT2D eigenvalue weighted by atomic mass is 16.5. The van der Waals surface area contributed by atoms with Crippen LogP contribution in [0.2, 0.25) is 0 Å². The molecule has 3 atom stereocenters. The molecule has 4 N–H and O–H groups in total. The fraction of sp³-hybridized carbons (Fsp3) is 0.320. The first-order valence-corrected chi connectivity index (χ1v) is 10.9. The Morgan fingerprint density at radius 1 is 1.03 bits per heavy atom. The van der Waals surface area contributed by atoms with E-state index >= 15 is 0 Å². The number of carboxylic acid groups (broad SMARTS) is 1. The minimum absolute atomic E-state index is 0.0693. The maximum atomic E-state index is 13.0. The number of aliphatic carboxylic acids is 1. The van der Waals surface area contributed by atoms with E-state index in [1.54, 1.807) is 6.20 Å². The normalized spacial score (nSPS) is 13.6. The number of hydrogen-bond donors (Lipinski definition) is 4. The van der Waals surface area contributed by atoms with Crippen LogP contribution in [-0.2, 0) is 27.4 Å². The Kier molecular flexibility index (Phi) is 8.07. The highest BCUT2D eigenvalue weighted by Gasteiger charge is 2.30. The minimum Gasteiger partial charge on any atom is -0.480 e. The van der Waals surface area contributed by atoms with Crippen molar-refractivity contribution in [2.75, 3.05) is 0 Å². The molecule has 1 heterocycles. The molecule has 0 aliphatic heterocycles. The van der Waals surface area contributed by atoms with Gasteiger partial charge in [-0.2, -0.15) is 0 Å². The number of nitrogens with one attached hydrogen (secondary N) is 3. The molecule has 3 aromatic rings. The Balaban J connectivity index is 1.66. The summed E-state index contributed by atoms with van der Waals surface area (Å²) in [5, 5.41) is 15.8. The number of alkyl carbamates (subject to hydrolysis) is 1. The van der Waals surface area contributed by atoms with Gasteiger partial charge in [0.15, 0.2) is 0 Å². The van der Waals surface area contributed by atoms with Gasteiger partial charge in [-0.15, -0.1) is 0 Å². The smallest absolute Gasteiger partial charge is 0.408 e. The zero-order chi connectivity index (χ0) is 23.8. The lowest BCUT2D eigenvalue weighted by atomic mass is 9.97. The van der Waals surface area contributed by atoms with Gasteiger partial charge in [0, 0.05) is 23.5 Å². The van der Waals surface area contributed by atoms with E-state index < -0.39 is 30.1 Å². The van der Waals surface area contributed by atoms with E-state index in [1.807, 2.05) is 68.4 Å². The van der Waals surface area contributed by atoms with E-state index in [2.05, 4.69) is 15.6 Å². The van der Waals surface area contributed by atoms with Crippen LogP contribution in [0.3, 0.4) is 0 Å². The number of carboxylic acids is 1. The third kappa shape index (κ3) is 6.35. The Labute approximate surface area is 192 Å². The molecule has 0 fully saturated rings. The van der Waals surface area contributed by atoms with E-state index in [4.69, 9.17) is 4.74 Å². The largest absolute Gasteiger partial charge is 0.480 e. The number of carbonyl (C=O) groups is 3. The summed E-state index contributed by atoms with van der Waals surface area (Å²) >= 11 is 0. The average Bonchev–Trinajstić information content (AvgIpc) is 3.23. The third-order valence-electron chi connectivity index (χ3n) is 5.70. The van der Waals surface area contributed by atoms with E-state index in [0.717, 1.165) is 22.0 Å². The molecule has 2 amide bonds. The maximum absolute atomic E-state index is 13.0. The Morgan fingerprint density at radius 3 is 2.42 bits per heavy atom. The van der Waals surface area contributed by atoms with E-state index in [-0.39, 0.29) is 18.9 Å². The molecule has 0 spiro atoms. The molecular weight excluding hydrogens is 422 g/mol. The summed E-state index contributed by atoms with van der Waals surface area (Å²) in [5.41, 5.74) is 2.50. The highest BCUT2D eigenvalue weighted by molar-refractivity contribution is 5.90. The molecule has 0 aliphatic carbocycles. The molecule has 3 unspecified atom stereocenters. The van der Waals surface area contributed by atoms with Crippen LogP contribution < -0.4 is 10.6 Å². The number of aromatic amines is 1. The summed E-state index contributed by atoms with van der Waals surface area (Å²) < 4.78 is 5.24. The summed E-state index contributed by atoms with van der Waals surface area (Å²) in [6, 6.07) is 14.7. The van der Waals surface area contributed by atoms with Crippen LogP contribution in [0, 0.1) is 5.92 Å². The maximum Gasteiger partial charge on any atom is 0.408 e. The van der Waals surface area contributed by atoms with Gasteiger partial charge in [-0.3, -0.25) is 4.79 Å². The lowest BCUT2D eigenvalue weighted by Gasteiger charge is -2.25. The molecule has 3 rings (SSSR count). The zero-order valence-corrected chi connectivity index (χ0v) is 18.7. The van der Waals surface area contributed by atoms with Crippen molar-refractivity contribution in [1.29, 1.82) is 0 Å². The zero-order valence-electron chi connectivity index (χ0n) is 18.7. The van der Waals surface area contributed by atoms with Crippen molar-refractivity contribution < 1.29 is 24.2 Å². The Bertz CT molecular complexity index is 1100. The summed E-state index contributed by atoms with van der Waals surface area (Å²) in [7, 11) is 0. The summed E-state index contributed by atoms with van der Waals surface area (Å²) in [6.07, 6.45) is 1.73. The molecular formula is C25H29N3O5. The van der Waals surface area contributed by atoms with Crippen molar-refractivity contribution in [2.45, 2.75) is 45.4 Å². The lowest BCUT2D eigenvalue weighted by Crippen LogP contribution is -2.54. The molecule has 33 heavy (non-hydrogen) atoms. The highest BCUT2D eigenvalue weighted by Crippen LogP contribution is 2.19. The number of amides is 2. The molecule has 0 saturated heterocycles. The summed E-state index contributed by atoms with van der Waals surface area (Å²) in [5.74, 6) is -1.94. The minimum atomic E-state index is -1.15. The second-order valence-electron chi connectivity index (χ2n) is 8.03. The monoisotopic (exact) mass is 451 g/mol. The number of para-hydroxylation sites is 1. The molecule has 0 aliphatic rings. The van der Waals surface area contributed by atoms with Crippen LogP contribution in [0.25, 0.3) is 10.9 Å². The lowest BCUT2D eigenvalue weighted by molar-refractivity contribution is -0.142. The molecule has 8 nitrogen and oxygen atoms in total. The first kappa shape index (κ1) is 23.8. The van der Waals surface area contributed by atoms with E-state index in [0.29, 0.717) is 6.42 Å². The number of benzene rings is 2. The number of hydrogen-bond acceptors (Lipinski definition) is 4. The Morgan fingerprint density at radius 2 is 1.73 bits per heavy atom. The SMILES string of the molecule is CCC(C)C(NC(=O)OCc1ccccc1)C(=O)NC(Cc1c[nH]c2ccccc12)C(=O)O. The summed E-state index contributed by atoms with van der Waals surface area (Å²) in [4.78, 5) is 40.4. The van der Waals surface area contributed by atoms with Gasteiger partial charge in [-0.05, 0) is 23.1 Å². The van der Waals surface area contributed by atoms with Gasteiger partial charge in [0.25, 0.3) is 0 Å². The number of fused-ring (bicyclic) bond motifs is 1. The van der Waals surface area contributed by atoms with Crippen LogP contribution in [0.1, 0.15) is 31.4 Å². The summed E-state index contributed by atoms with van der Waals surface area (Å²) in [6.45, 7) is 3.78. The van der Waals surface area contributed by atoms with Gasteiger partial charge in [-0.25, -0.2) is 9.59 Å². The molecule has 8 heteroatoms. The van der Waals surface area contributed by atoms with Gasteiger partial charge in [0.2, 0.25) is 5.91 Å². The molecule has 0 bridgehead atoms. The fourth-order valence-corrected chi connectivity index (χ4v) is 3.58. The van der Waals surface area contributed by atoms with Crippen molar-refractivity contribution in [2.24, 2.45) is 5.92 Å². The molecule has 1 aromatic heterocycles. The van der Waals surface area contributed by atoms with E-state index in [1.165, 1.54) is 0 Å². The first-order valence-electron chi connectivity index (χ1n) is 10.9. The van der Waals surface area contributed by atoms with Crippen LogP contribution in [0.15, 0.2) is 60.8 Å². The van der Waals surface area contributed by atoms with Crippen LogP contribution in [0.5, 0.6) is 0 Å². The standard InChI is InChI=1S/C25H29N3O5/c1-3-16(2)22(28-25(32)33-15-17-9-5-4-6-10-17)23(29)27-21(24(30)31)13-18-14-26-20-12-8-7-11-19(18)20/h4-12,14,16,21-22,26H,3,13,15H2,1-2H3,(H,27,29)(H,28,32)(H,30,31). The second kappa shape index (κ2) is 11.2. The van der Waals surface area contributed by atoms with Gasteiger partial charge in [0.05, 0.1) is 0 Å². The molecule has 174 valence electrons. The van der Waals surface area contributed by atoms with Crippen LogP contribution in [-0.4, -0.2) is 40.1 Å². The van der Waals surface area contributed by atoms with Gasteiger partial charge in [0.1, 0.15) is 18.7 Å². The van der Waals surface area contributed by atoms with Crippen molar-refractivity contribution in [3.63, 3.8) is 0 Å². The molecule has 0 saturated carbocycles. The quantitative estimate of drug-likeness (QED) is 0.375. The van der Waals surface area contributed by atoms with Crippen LogP contribution in [0.4, 0.5) is 4.79 Å². The number of H-pyrrole nitrogens is 1. The number of aromatic nitrogens is 1. The van der Waals surface area contributed by atoms with Crippen molar-refractivity contribution in [3.8, 4) is 0 Å². The van der Waals surface area contributed by atoms with Gasteiger partial charge < -0.3 is 25.5 Å². The van der Waals surface area contributed by atoms with Crippen molar-refractivity contribution in [1.82, 2.24) is 15.6 Å². The first-order chi connectivity index (χ1) is 15.9. The van der Waals surface area contributed by atoms with E-state index in [9.17, 15) is 19.5 Å². The van der Waals surface area contributed by atoms with Crippen molar-refractivity contribution in [3.05, 3.63) is 71.9 Å². The topological polar surface area (TPSA) is 121 Å². The second-order valence-corrected chi connectivity index (χ2v) is 8.03. The van der Waals surface area contributed by atoms with Gasteiger partial charge in [-0.1, -0.05) is 68.8 Å². The van der Waals surface area contributed by atoms with Gasteiger partial charge >= 0.3 is 12.1 Å². The predicted molar refractivity (Wildman–Crippen MR) is 125 cm³/mol. The van der Waals surface area contributed by atoms with Crippen LogP contribution >= 0.6 is 0 Å². The predicted octanol–water partition coefficient (Wildman–Crippen LogP) is 3.62. The molecule has 2 aromatic carbocycles. The average molecular weight is 452 g/mol. The number of carbonyl (C=O) groups excluding carboxylic acids is 2. The van der Waals surface area contributed by atoms with Crippen molar-refractivity contribution >= 4 is 28.9 Å². The third-order valence-corrected chi connectivity index (χ3v) is 5.70.